The van der Waals surface area contributed by atoms with E-state index in [1.807, 2.05) is 31.2 Å². The Morgan fingerprint density at radius 1 is 1.35 bits per heavy atom. The Balaban J connectivity index is 2.59. The van der Waals surface area contributed by atoms with Gasteiger partial charge in [-0.2, -0.15) is 0 Å². The van der Waals surface area contributed by atoms with Gasteiger partial charge >= 0.3 is 5.97 Å². The second kappa shape index (κ2) is 11.1. The van der Waals surface area contributed by atoms with Crippen LogP contribution in [0.3, 0.4) is 0 Å². The quantitative estimate of drug-likeness (QED) is 0.364. The normalized spacial score (nSPS) is 25.8. The van der Waals surface area contributed by atoms with Crippen LogP contribution in [0.2, 0.25) is 0 Å². The molecule has 1 unspecified atom stereocenters. The van der Waals surface area contributed by atoms with Crippen LogP contribution in [0.4, 0.5) is 0 Å². The van der Waals surface area contributed by atoms with Crippen molar-refractivity contribution in [2.45, 2.75) is 70.0 Å². The van der Waals surface area contributed by atoms with Gasteiger partial charge in [-0.25, -0.2) is 0 Å². The van der Waals surface area contributed by atoms with Gasteiger partial charge in [0.1, 0.15) is 5.78 Å². The molecule has 4 atom stereocenters. The number of aliphatic hydroxyl groups is 2. The molecule has 5 heteroatoms. The molecule has 1 saturated carbocycles. The van der Waals surface area contributed by atoms with E-state index in [2.05, 4.69) is 6.58 Å². The van der Waals surface area contributed by atoms with Crippen molar-refractivity contribution in [3.63, 3.8) is 0 Å². The highest BCUT2D eigenvalue weighted by Gasteiger charge is 2.39. The second-order valence-corrected chi connectivity index (χ2v) is 7.10. The molecule has 0 amide bonds. The summed E-state index contributed by atoms with van der Waals surface area (Å²) in [6.45, 7) is 5.68. The number of unbranched alkanes of at least 4 members (excludes halogenated alkanes) is 1. The zero-order chi connectivity index (χ0) is 19.6. The minimum atomic E-state index is -0.946. The summed E-state index contributed by atoms with van der Waals surface area (Å²) < 4.78 is 0. The van der Waals surface area contributed by atoms with E-state index in [9.17, 15) is 19.8 Å². The van der Waals surface area contributed by atoms with Crippen molar-refractivity contribution < 1.29 is 24.9 Å². The number of carbonyl (C=O) groups is 2. The highest BCUT2D eigenvalue weighted by atomic mass is 16.4. The first kappa shape index (κ1) is 22.3. The van der Waals surface area contributed by atoms with Gasteiger partial charge in [0.05, 0.1) is 11.7 Å². The first-order valence-electron chi connectivity index (χ1n) is 9.43. The molecular weight excluding hydrogens is 332 g/mol. The van der Waals surface area contributed by atoms with E-state index in [0.717, 1.165) is 6.42 Å². The average Bonchev–Trinajstić information content (AvgIpc) is 2.84. The van der Waals surface area contributed by atoms with Crippen LogP contribution in [0.15, 0.2) is 37.0 Å². The minimum Gasteiger partial charge on any atom is -0.481 e. The molecule has 1 aliphatic rings. The number of hydrogen-bond donors (Lipinski definition) is 3. The van der Waals surface area contributed by atoms with E-state index in [1.54, 1.807) is 6.08 Å². The zero-order valence-corrected chi connectivity index (χ0v) is 15.6. The van der Waals surface area contributed by atoms with Crippen LogP contribution in [0.25, 0.3) is 0 Å². The largest absolute Gasteiger partial charge is 0.481 e. The number of aliphatic hydroxyl groups excluding tert-OH is 1. The molecule has 0 heterocycles. The van der Waals surface area contributed by atoms with Gasteiger partial charge in [0.2, 0.25) is 0 Å². The van der Waals surface area contributed by atoms with Crippen molar-refractivity contribution in [2.75, 3.05) is 0 Å². The van der Waals surface area contributed by atoms with Crippen molar-refractivity contribution in [2.24, 2.45) is 11.8 Å². The van der Waals surface area contributed by atoms with Gasteiger partial charge in [-0.05, 0) is 32.1 Å². The molecule has 0 aliphatic heterocycles. The summed E-state index contributed by atoms with van der Waals surface area (Å²) in [5.41, 5.74) is -0.946. The van der Waals surface area contributed by atoms with Crippen LogP contribution in [0.1, 0.15) is 58.3 Å². The fraction of sp³-hybridized carbons (Fsp3) is 0.619. The molecule has 3 N–H and O–H groups in total. The number of hydrogen-bond acceptors (Lipinski definition) is 4. The zero-order valence-electron chi connectivity index (χ0n) is 15.6. The molecule has 0 radical (unpaired) electrons. The SMILES string of the molecule is C=CC(O)(C/C=C/[C@H]1[C@H](O)CC(=O)[C@@H]1C/C=C\CCCC(=O)O)CCC. The first-order chi connectivity index (χ1) is 12.3. The predicted octanol–water partition coefficient (Wildman–Crippen LogP) is 3.42. The van der Waals surface area contributed by atoms with Crippen molar-refractivity contribution in [3.05, 3.63) is 37.0 Å². The molecule has 0 aromatic rings. The summed E-state index contributed by atoms with van der Waals surface area (Å²) in [6.07, 6.45) is 12.3. The number of carboxylic acids is 1. The Labute approximate surface area is 156 Å². The number of Topliss-reactive ketones (excluding diaryl/α,β-unsaturated/α-hetero) is 1. The molecule has 0 aromatic heterocycles. The minimum absolute atomic E-state index is 0.0508. The molecule has 26 heavy (non-hydrogen) atoms. The fourth-order valence-electron chi connectivity index (χ4n) is 3.41. The van der Waals surface area contributed by atoms with Gasteiger partial charge in [-0.15, -0.1) is 6.58 Å². The maximum absolute atomic E-state index is 12.2. The van der Waals surface area contributed by atoms with Gasteiger partial charge in [0.15, 0.2) is 0 Å². The predicted molar refractivity (Wildman–Crippen MR) is 102 cm³/mol. The Morgan fingerprint density at radius 3 is 2.69 bits per heavy atom. The molecule has 5 nitrogen and oxygen atoms in total. The highest BCUT2D eigenvalue weighted by molar-refractivity contribution is 5.84. The number of ketones is 1. The van der Waals surface area contributed by atoms with E-state index < -0.39 is 17.7 Å². The third kappa shape index (κ3) is 7.26. The van der Waals surface area contributed by atoms with Crippen LogP contribution >= 0.6 is 0 Å². The summed E-state index contributed by atoms with van der Waals surface area (Å²) in [5.74, 6) is -1.27. The second-order valence-electron chi connectivity index (χ2n) is 7.10. The number of carboxylic acid groups (broad SMARTS) is 1. The van der Waals surface area contributed by atoms with E-state index in [0.29, 0.717) is 32.1 Å². The molecule has 146 valence electrons. The lowest BCUT2D eigenvalue weighted by Gasteiger charge is -2.22. The summed E-state index contributed by atoms with van der Waals surface area (Å²) in [6, 6.07) is 0. The van der Waals surface area contributed by atoms with Gasteiger partial charge < -0.3 is 15.3 Å². The van der Waals surface area contributed by atoms with Gasteiger partial charge in [0, 0.05) is 24.7 Å². The van der Waals surface area contributed by atoms with E-state index in [4.69, 9.17) is 5.11 Å². The summed E-state index contributed by atoms with van der Waals surface area (Å²) in [5, 5.41) is 29.2. The molecule has 1 rings (SSSR count). The van der Waals surface area contributed by atoms with Gasteiger partial charge in [0.25, 0.3) is 0 Å². The monoisotopic (exact) mass is 364 g/mol. The van der Waals surface area contributed by atoms with Gasteiger partial charge in [-0.3, -0.25) is 9.59 Å². The number of carbonyl (C=O) groups excluding carboxylic acids is 1. The number of aliphatic carboxylic acids is 1. The van der Waals surface area contributed by atoms with Gasteiger partial charge in [-0.1, -0.05) is 43.7 Å². The van der Waals surface area contributed by atoms with Crippen molar-refractivity contribution in [1.29, 1.82) is 0 Å². The Morgan fingerprint density at radius 2 is 2.08 bits per heavy atom. The maximum Gasteiger partial charge on any atom is 0.303 e. The Kier molecular flexibility index (Phi) is 9.52. The van der Waals surface area contributed by atoms with E-state index in [1.165, 1.54) is 0 Å². The van der Waals surface area contributed by atoms with Crippen LogP contribution in [0, 0.1) is 11.8 Å². The third-order valence-electron chi connectivity index (χ3n) is 4.94. The summed E-state index contributed by atoms with van der Waals surface area (Å²) in [7, 11) is 0. The van der Waals surface area contributed by atoms with Crippen molar-refractivity contribution >= 4 is 11.8 Å². The van der Waals surface area contributed by atoms with E-state index >= 15 is 0 Å². The lowest BCUT2D eigenvalue weighted by Crippen LogP contribution is -2.24. The molecule has 0 bridgehead atoms. The van der Waals surface area contributed by atoms with Crippen molar-refractivity contribution in [3.8, 4) is 0 Å². The molecule has 0 saturated heterocycles. The van der Waals surface area contributed by atoms with Crippen LogP contribution in [0.5, 0.6) is 0 Å². The smallest absolute Gasteiger partial charge is 0.303 e. The number of rotatable bonds is 12. The molecule has 1 fully saturated rings. The first-order valence-corrected chi connectivity index (χ1v) is 9.43. The number of allylic oxidation sites excluding steroid dienone is 2. The van der Waals surface area contributed by atoms with Crippen LogP contribution in [-0.4, -0.2) is 38.8 Å². The Hall–Kier alpha value is -1.72. The highest BCUT2D eigenvalue weighted by Crippen LogP contribution is 2.33. The lowest BCUT2D eigenvalue weighted by atomic mass is 9.88. The summed E-state index contributed by atoms with van der Waals surface area (Å²) in [4.78, 5) is 22.6. The van der Waals surface area contributed by atoms with Crippen molar-refractivity contribution in [1.82, 2.24) is 0 Å². The average molecular weight is 364 g/mol. The fourth-order valence-corrected chi connectivity index (χ4v) is 3.41. The maximum atomic E-state index is 12.2. The van der Waals surface area contributed by atoms with Crippen LogP contribution < -0.4 is 0 Å². The molecule has 0 aromatic carbocycles. The standard InChI is InChI=1S/C21H32O5/c1-3-13-21(26,4-2)14-9-11-17-16(18(22)15-19(17)23)10-7-5-6-8-12-20(24)25/h4-5,7,9,11,16-17,19,23,26H,2-3,6,8,10,12-15H2,1H3,(H,24,25)/b7-5-,11-9+/t16-,17-,19-,21?/m1/s1. The lowest BCUT2D eigenvalue weighted by molar-refractivity contribution is -0.137. The Bertz CT molecular complexity index is 537. The van der Waals surface area contributed by atoms with Crippen LogP contribution in [-0.2, 0) is 9.59 Å². The molecule has 0 spiro atoms. The van der Waals surface area contributed by atoms with E-state index in [-0.39, 0.29) is 30.5 Å². The topological polar surface area (TPSA) is 94.8 Å². The third-order valence-corrected chi connectivity index (χ3v) is 4.94. The molecule has 1 aliphatic carbocycles. The molecular formula is C21H32O5. The summed E-state index contributed by atoms with van der Waals surface area (Å²) >= 11 is 0.